The van der Waals surface area contributed by atoms with Gasteiger partial charge >= 0.3 is 19.5 Å². The standard InChI is InChI=1S/C15H27O7P/c1-12(2)15(18)22-10-8-6-4-3-5-7-9-13(14(16)17)11-23(19,20)21/h13H,1,3-11H2,2H3,(H,16,17)(H2,19,20,21). The predicted molar refractivity (Wildman–Crippen MR) is 86.1 cm³/mol. The topological polar surface area (TPSA) is 121 Å². The fourth-order valence-corrected chi connectivity index (χ4v) is 2.98. The quantitative estimate of drug-likeness (QED) is 0.202. The Labute approximate surface area is 136 Å². The van der Waals surface area contributed by atoms with Crippen LogP contribution in [0.3, 0.4) is 0 Å². The van der Waals surface area contributed by atoms with E-state index in [-0.39, 0.29) is 12.4 Å². The van der Waals surface area contributed by atoms with E-state index in [0.29, 0.717) is 18.6 Å². The van der Waals surface area contributed by atoms with Crippen LogP contribution in [0.2, 0.25) is 0 Å². The first-order valence-electron chi connectivity index (χ1n) is 7.73. The number of unbranched alkanes of at least 4 members (excludes halogenated alkanes) is 5. The zero-order valence-electron chi connectivity index (χ0n) is 13.6. The van der Waals surface area contributed by atoms with Crippen LogP contribution >= 0.6 is 7.60 Å². The van der Waals surface area contributed by atoms with Gasteiger partial charge in [0.15, 0.2) is 0 Å². The molecular weight excluding hydrogens is 323 g/mol. The molecule has 3 N–H and O–H groups in total. The van der Waals surface area contributed by atoms with Crippen LogP contribution in [-0.4, -0.2) is 39.6 Å². The summed E-state index contributed by atoms with van der Waals surface area (Å²) in [5.41, 5.74) is 0.383. The van der Waals surface area contributed by atoms with Gasteiger partial charge in [-0.1, -0.05) is 38.7 Å². The van der Waals surface area contributed by atoms with Gasteiger partial charge in [0.25, 0.3) is 0 Å². The Morgan fingerprint density at radius 3 is 2.09 bits per heavy atom. The summed E-state index contributed by atoms with van der Waals surface area (Å²) in [5.74, 6) is -2.53. The Bertz CT molecular complexity index is 441. The molecule has 1 atom stereocenters. The maximum Gasteiger partial charge on any atom is 0.333 e. The lowest BCUT2D eigenvalue weighted by molar-refractivity contribution is -0.141. The van der Waals surface area contributed by atoms with Crippen LogP contribution < -0.4 is 0 Å². The molecule has 0 fully saturated rings. The SMILES string of the molecule is C=C(C)C(=O)OCCCCCCCCC(CP(=O)(O)O)C(=O)O. The minimum atomic E-state index is -4.29. The number of hydrogen-bond acceptors (Lipinski definition) is 4. The lowest BCUT2D eigenvalue weighted by Crippen LogP contribution is -2.18. The molecule has 0 radical (unpaired) electrons. The van der Waals surface area contributed by atoms with Gasteiger partial charge in [0.1, 0.15) is 0 Å². The molecule has 23 heavy (non-hydrogen) atoms. The largest absolute Gasteiger partial charge is 0.481 e. The normalized spacial score (nSPS) is 12.7. The maximum atomic E-state index is 11.1. The van der Waals surface area contributed by atoms with E-state index in [0.717, 1.165) is 32.1 Å². The maximum absolute atomic E-state index is 11.1. The molecule has 0 aromatic heterocycles. The van der Waals surface area contributed by atoms with E-state index >= 15 is 0 Å². The van der Waals surface area contributed by atoms with Crippen molar-refractivity contribution in [2.75, 3.05) is 12.8 Å². The highest BCUT2D eigenvalue weighted by Crippen LogP contribution is 2.38. The van der Waals surface area contributed by atoms with Crippen molar-refractivity contribution in [2.45, 2.75) is 51.9 Å². The molecular formula is C15H27O7P. The fourth-order valence-electron chi connectivity index (χ4n) is 2.07. The van der Waals surface area contributed by atoms with E-state index in [9.17, 15) is 14.2 Å². The molecule has 0 aromatic rings. The van der Waals surface area contributed by atoms with E-state index in [4.69, 9.17) is 19.6 Å². The molecule has 0 saturated heterocycles. The van der Waals surface area contributed by atoms with Gasteiger partial charge in [-0.3, -0.25) is 9.36 Å². The predicted octanol–water partition coefficient (Wildman–Crippen LogP) is 2.71. The summed E-state index contributed by atoms with van der Waals surface area (Å²) in [6.07, 6.45) is 4.66. The highest BCUT2D eigenvalue weighted by Gasteiger charge is 2.26. The number of ether oxygens (including phenoxy) is 1. The average Bonchev–Trinajstić information content (AvgIpc) is 2.42. The minimum absolute atomic E-state index is 0.274. The molecule has 1 unspecified atom stereocenters. The van der Waals surface area contributed by atoms with Crippen LogP contribution in [0.5, 0.6) is 0 Å². The zero-order valence-corrected chi connectivity index (χ0v) is 14.5. The van der Waals surface area contributed by atoms with Crippen molar-refractivity contribution in [2.24, 2.45) is 5.92 Å². The third-order valence-corrected chi connectivity index (χ3v) is 4.25. The lowest BCUT2D eigenvalue weighted by Gasteiger charge is -2.12. The van der Waals surface area contributed by atoms with Crippen molar-refractivity contribution in [3.05, 3.63) is 12.2 Å². The van der Waals surface area contributed by atoms with Crippen molar-refractivity contribution in [1.29, 1.82) is 0 Å². The summed E-state index contributed by atoms with van der Waals surface area (Å²) in [5, 5.41) is 8.93. The Morgan fingerprint density at radius 2 is 1.61 bits per heavy atom. The van der Waals surface area contributed by atoms with Crippen LogP contribution in [0.15, 0.2) is 12.2 Å². The number of esters is 1. The van der Waals surface area contributed by atoms with Gasteiger partial charge in [0.05, 0.1) is 18.7 Å². The second kappa shape index (κ2) is 11.4. The summed E-state index contributed by atoms with van der Waals surface area (Å²) in [6, 6.07) is 0. The van der Waals surface area contributed by atoms with E-state index in [1.165, 1.54) is 0 Å². The van der Waals surface area contributed by atoms with Crippen molar-refractivity contribution in [3.8, 4) is 0 Å². The van der Waals surface area contributed by atoms with Crippen molar-refractivity contribution in [1.82, 2.24) is 0 Å². The number of carboxylic acid groups (broad SMARTS) is 1. The summed E-state index contributed by atoms with van der Waals surface area (Å²) in [4.78, 5) is 39.7. The number of rotatable bonds is 13. The first-order chi connectivity index (χ1) is 10.6. The van der Waals surface area contributed by atoms with Crippen LogP contribution in [0.4, 0.5) is 0 Å². The number of carboxylic acids is 1. The van der Waals surface area contributed by atoms with Gasteiger partial charge in [0.2, 0.25) is 0 Å². The molecule has 0 saturated carbocycles. The molecule has 0 amide bonds. The first kappa shape index (κ1) is 21.8. The second-order valence-electron chi connectivity index (χ2n) is 5.71. The number of carbonyl (C=O) groups is 2. The second-order valence-corrected chi connectivity index (χ2v) is 7.40. The number of hydrogen-bond donors (Lipinski definition) is 3. The molecule has 0 aliphatic carbocycles. The van der Waals surface area contributed by atoms with E-state index < -0.39 is 25.6 Å². The van der Waals surface area contributed by atoms with Gasteiger partial charge < -0.3 is 19.6 Å². The van der Waals surface area contributed by atoms with Gasteiger partial charge in [-0.25, -0.2) is 4.79 Å². The molecule has 0 rings (SSSR count). The number of carbonyl (C=O) groups excluding carboxylic acids is 1. The lowest BCUT2D eigenvalue weighted by atomic mass is 10.0. The first-order valence-corrected chi connectivity index (χ1v) is 9.53. The molecule has 0 bridgehead atoms. The monoisotopic (exact) mass is 350 g/mol. The Kier molecular flexibility index (Phi) is 10.8. The summed E-state index contributed by atoms with van der Waals surface area (Å²) < 4.78 is 15.8. The van der Waals surface area contributed by atoms with Gasteiger partial charge in [0, 0.05) is 5.57 Å². The van der Waals surface area contributed by atoms with E-state index in [1.807, 2.05) is 0 Å². The molecule has 0 aromatic carbocycles. The minimum Gasteiger partial charge on any atom is -0.481 e. The molecule has 7 nitrogen and oxygen atoms in total. The van der Waals surface area contributed by atoms with Crippen molar-refractivity contribution in [3.63, 3.8) is 0 Å². The third-order valence-electron chi connectivity index (χ3n) is 3.34. The summed E-state index contributed by atoms with van der Waals surface area (Å²) in [7, 11) is -4.29. The van der Waals surface area contributed by atoms with Gasteiger partial charge in [-0.15, -0.1) is 0 Å². The van der Waals surface area contributed by atoms with Gasteiger partial charge in [-0.05, 0) is 19.8 Å². The average molecular weight is 350 g/mol. The molecule has 134 valence electrons. The van der Waals surface area contributed by atoms with Crippen LogP contribution in [0.25, 0.3) is 0 Å². The van der Waals surface area contributed by atoms with Crippen LogP contribution in [-0.2, 0) is 18.9 Å². The Balaban J connectivity index is 3.64. The molecule has 0 heterocycles. The van der Waals surface area contributed by atoms with E-state index in [1.54, 1.807) is 6.92 Å². The highest BCUT2D eigenvalue weighted by molar-refractivity contribution is 7.51. The number of aliphatic carboxylic acids is 1. The fraction of sp³-hybridized carbons (Fsp3) is 0.733. The van der Waals surface area contributed by atoms with Crippen LogP contribution in [0, 0.1) is 5.92 Å². The third kappa shape index (κ3) is 13.0. The molecule has 0 aliphatic heterocycles. The smallest absolute Gasteiger partial charge is 0.333 e. The van der Waals surface area contributed by atoms with Crippen LogP contribution in [0.1, 0.15) is 51.9 Å². The Hall–Kier alpha value is -1.17. The van der Waals surface area contributed by atoms with Crippen molar-refractivity contribution < 1.29 is 33.8 Å². The molecule has 0 spiro atoms. The van der Waals surface area contributed by atoms with E-state index in [2.05, 4.69) is 6.58 Å². The van der Waals surface area contributed by atoms with Crippen molar-refractivity contribution >= 4 is 19.5 Å². The molecule has 0 aliphatic rings. The molecule has 8 heteroatoms. The zero-order chi connectivity index (χ0) is 17.9. The van der Waals surface area contributed by atoms with Gasteiger partial charge in [-0.2, -0.15) is 0 Å². The summed E-state index contributed by atoms with van der Waals surface area (Å²) in [6.45, 7) is 5.45. The summed E-state index contributed by atoms with van der Waals surface area (Å²) >= 11 is 0. The highest BCUT2D eigenvalue weighted by atomic mass is 31.2. The Morgan fingerprint density at radius 1 is 1.09 bits per heavy atom.